The summed E-state index contributed by atoms with van der Waals surface area (Å²) in [4.78, 5) is 13.5. The third kappa shape index (κ3) is 4.24. The highest BCUT2D eigenvalue weighted by molar-refractivity contribution is 5.98. The number of benzene rings is 1. The average molecular weight is 461 g/mol. The van der Waals surface area contributed by atoms with Crippen molar-refractivity contribution in [3.63, 3.8) is 0 Å². The molecule has 0 radical (unpaired) electrons. The highest BCUT2D eigenvalue weighted by Crippen LogP contribution is 2.65. The van der Waals surface area contributed by atoms with Crippen LogP contribution in [0.4, 0.5) is 8.78 Å². The van der Waals surface area contributed by atoms with Crippen LogP contribution in [0.2, 0.25) is 0 Å². The lowest BCUT2D eigenvalue weighted by Gasteiger charge is -2.56. The number of hydrogen-bond donors (Lipinski definition) is 1. The Hall–Kier alpha value is -1.49. The highest BCUT2D eigenvalue weighted by atomic mass is 19.3. The molecule has 0 bridgehead atoms. The molecule has 0 aliphatic heterocycles. The Morgan fingerprint density at radius 2 is 1.67 bits per heavy atom. The Labute approximate surface area is 196 Å². The molecule has 0 amide bonds. The number of ether oxygens (including phenoxy) is 1. The lowest BCUT2D eigenvalue weighted by molar-refractivity contribution is -0.158. The summed E-state index contributed by atoms with van der Waals surface area (Å²) in [6.45, 7) is 5.06. The van der Waals surface area contributed by atoms with Gasteiger partial charge in [-0.2, -0.15) is 8.78 Å². The van der Waals surface area contributed by atoms with E-state index in [0.717, 1.165) is 50.4 Å². The van der Waals surface area contributed by atoms with Gasteiger partial charge in [0.15, 0.2) is 5.78 Å². The van der Waals surface area contributed by atoms with Crippen LogP contribution >= 0.6 is 0 Å². The van der Waals surface area contributed by atoms with Crippen LogP contribution in [0.3, 0.4) is 0 Å². The summed E-state index contributed by atoms with van der Waals surface area (Å²) < 4.78 is 30.9. The molecule has 5 heteroatoms. The van der Waals surface area contributed by atoms with E-state index in [4.69, 9.17) is 0 Å². The molecule has 0 saturated heterocycles. The molecule has 0 spiro atoms. The topological polar surface area (TPSA) is 46.5 Å². The first-order valence-corrected chi connectivity index (χ1v) is 12.9. The van der Waals surface area contributed by atoms with Gasteiger partial charge < -0.3 is 9.84 Å². The standard InChI is InChI=1S/C28H38F2O3/c1-26(32)14-12-20-18(16-26)6-9-22-21(20)13-15-27(2)23(22)10-11-24(27)25(31)17-4-7-19(8-5-17)33-28(3,29)30/h4-5,7-8,18,20-24,32H,6,9-16H2,1-3H3/t18-,20+,21-,22-,23+,24-,26-,27+/m1/s1. The molecular weight excluding hydrogens is 422 g/mol. The molecule has 8 atom stereocenters. The fourth-order valence-corrected chi connectivity index (χ4v) is 8.61. The number of halogens is 2. The second-order valence-corrected chi connectivity index (χ2v) is 12.1. The first kappa shape index (κ1) is 23.3. The predicted octanol–water partition coefficient (Wildman–Crippen LogP) is 6.88. The monoisotopic (exact) mass is 460 g/mol. The van der Waals surface area contributed by atoms with Gasteiger partial charge in [0, 0.05) is 18.4 Å². The summed E-state index contributed by atoms with van der Waals surface area (Å²) in [5.74, 6) is 3.70. The van der Waals surface area contributed by atoms with Crippen molar-refractivity contribution in [2.75, 3.05) is 0 Å². The van der Waals surface area contributed by atoms with Gasteiger partial charge in [0.25, 0.3) is 0 Å². The van der Waals surface area contributed by atoms with Crippen LogP contribution in [0, 0.1) is 40.9 Å². The minimum absolute atomic E-state index is 0.00708. The number of carbonyl (C=O) groups is 1. The van der Waals surface area contributed by atoms with Crippen molar-refractivity contribution >= 4 is 5.78 Å². The summed E-state index contributed by atoms with van der Waals surface area (Å²) in [5.41, 5.74) is 0.140. The molecule has 5 rings (SSSR count). The summed E-state index contributed by atoms with van der Waals surface area (Å²) in [6.07, 6.45) is 6.58. The number of hydrogen-bond acceptors (Lipinski definition) is 3. The molecule has 1 aromatic carbocycles. The van der Waals surface area contributed by atoms with E-state index in [-0.39, 0.29) is 22.9 Å². The van der Waals surface area contributed by atoms with Crippen LogP contribution in [-0.2, 0) is 0 Å². The van der Waals surface area contributed by atoms with Gasteiger partial charge in [-0.1, -0.05) is 6.92 Å². The van der Waals surface area contributed by atoms with Gasteiger partial charge in [0.2, 0.25) is 0 Å². The van der Waals surface area contributed by atoms with Gasteiger partial charge in [0.1, 0.15) is 5.75 Å². The predicted molar refractivity (Wildman–Crippen MR) is 123 cm³/mol. The molecule has 1 aromatic rings. The third-order valence-electron chi connectivity index (χ3n) is 9.99. The molecule has 0 heterocycles. The summed E-state index contributed by atoms with van der Waals surface area (Å²) in [5, 5.41) is 10.6. The quantitative estimate of drug-likeness (QED) is 0.498. The van der Waals surface area contributed by atoms with Gasteiger partial charge >= 0.3 is 6.11 Å². The zero-order chi connectivity index (χ0) is 23.6. The maximum atomic E-state index is 13.5. The van der Waals surface area contributed by atoms with Crippen LogP contribution in [0.15, 0.2) is 24.3 Å². The number of alkyl halides is 2. The Bertz CT molecular complexity index is 889. The molecule has 0 unspecified atom stereocenters. The number of rotatable bonds is 4. The van der Waals surface area contributed by atoms with Crippen molar-refractivity contribution < 1.29 is 23.4 Å². The molecule has 182 valence electrons. The fourth-order valence-electron chi connectivity index (χ4n) is 8.61. The Balaban J connectivity index is 1.31. The number of aliphatic hydroxyl groups is 1. The van der Waals surface area contributed by atoms with E-state index < -0.39 is 11.7 Å². The third-order valence-corrected chi connectivity index (χ3v) is 9.99. The molecule has 0 aromatic heterocycles. The molecule has 4 aliphatic rings. The van der Waals surface area contributed by atoms with Gasteiger partial charge in [0.05, 0.1) is 5.60 Å². The van der Waals surface area contributed by atoms with E-state index in [1.54, 1.807) is 12.1 Å². The number of ketones is 1. The fraction of sp³-hybridized carbons (Fsp3) is 0.750. The number of carbonyl (C=O) groups excluding carboxylic acids is 1. The molecular formula is C28H38F2O3. The molecule has 4 fully saturated rings. The first-order chi connectivity index (χ1) is 15.5. The SMILES string of the molecule is CC(F)(F)Oc1ccc(C(=O)[C@H]2CC[C@H]3[C@@H]4CC[C@@H]5C[C@](C)(O)CC[C@@H]5[C@H]4CC[C@]23C)cc1. The van der Waals surface area contributed by atoms with Crippen molar-refractivity contribution in [2.24, 2.45) is 40.9 Å². The van der Waals surface area contributed by atoms with Crippen LogP contribution in [0.1, 0.15) is 88.9 Å². The minimum atomic E-state index is -3.23. The Morgan fingerprint density at radius 1 is 0.970 bits per heavy atom. The van der Waals surface area contributed by atoms with Gasteiger partial charge in [-0.15, -0.1) is 0 Å². The van der Waals surface area contributed by atoms with Crippen LogP contribution in [0.5, 0.6) is 5.75 Å². The van der Waals surface area contributed by atoms with Crippen molar-refractivity contribution in [1.82, 2.24) is 0 Å². The first-order valence-electron chi connectivity index (χ1n) is 12.9. The molecule has 1 N–H and O–H groups in total. The summed E-state index contributed by atoms with van der Waals surface area (Å²) >= 11 is 0. The zero-order valence-corrected chi connectivity index (χ0v) is 20.2. The normalized spacial score (nSPS) is 42.7. The minimum Gasteiger partial charge on any atom is -0.433 e. The van der Waals surface area contributed by atoms with Crippen LogP contribution in [-0.4, -0.2) is 22.6 Å². The van der Waals surface area contributed by atoms with E-state index in [9.17, 15) is 18.7 Å². The van der Waals surface area contributed by atoms with Crippen LogP contribution in [0.25, 0.3) is 0 Å². The van der Waals surface area contributed by atoms with E-state index in [1.807, 2.05) is 6.92 Å². The maximum Gasteiger partial charge on any atom is 0.394 e. The molecule has 4 aliphatic carbocycles. The molecule has 4 saturated carbocycles. The van der Waals surface area contributed by atoms with Crippen molar-refractivity contribution in [3.8, 4) is 5.75 Å². The average Bonchev–Trinajstić information content (AvgIpc) is 3.09. The van der Waals surface area contributed by atoms with E-state index in [2.05, 4.69) is 11.7 Å². The van der Waals surface area contributed by atoms with Crippen molar-refractivity contribution in [3.05, 3.63) is 29.8 Å². The zero-order valence-electron chi connectivity index (χ0n) is 20.2. The summed E-state index contributed by atoms with van der Waals surface area (Å²) in [7, 11) is 0. The van der Waals surface area contributed by atoms with Crippen LogP contribution < -0.4 is 4.74 Å². The summed E-state index contributed by atoms with van der Waals surface area (Å²) in [6, 6.07) is 6.25. The maximum absolute atomic E-state index is 13.5. The Morgan fingerprint density at radius 3 is 2.36 bits per heavy atom. The van der Waals surface area contributed by atoms with Crippen molar-refractivity contribution in [1.29, 1.82) is 0 Å². The number of Topliss-reactive ketones (excluding diaryl/α,β-unsaturated/α-hetero) is 1. The second-order valence-electron chi connectivity index (χ2n) is 12.1. The van der Waals surface area contributed by atoms with E-state index in [0.29, 0.717) is 30.2 Å². The second kappa shape index (κ2) is 8.03. The highest BCUT2D eigenvalue weighted by Gasteiger charge is 2.58. The Kier molecular flexibility index (Phi) is 5.66. The number of fused-ring (bicyclic) bond motifs is 5. The smallest absolute Gasteiger partial charge is 0.394 e. The van der Waals surface area contributed by atoms with E-state index >= 15 is 0 Å². The van der Waals surface area contributed by atoms with Gasteiger partial charge in [-0.25, -0.2) is 0 Å². The molecule has 3 nitrogen and oxygen atoms in total. The lowest BCUT2D eigenvalue weighted by atomic mass is 9.49. The lowest BCUT2D eigenvalue weighted by Crippen LogP contribution is -2.51. The van der Waals surface area contributed by atoms with Crippen molar-refractivity contribution in [2.45, 2.75) is 90.3 Å². The largest absolute Gasteiger partial charge is 0.433 e. The van der Waals surface area contributed by atoms with E-state index in [1.165, 1.54) is 31.4 Å². The molecule has 33 heavy (non-hydrogen) atoms. The van der Waals surface area contributed by atoms with Gasteiger partial charge in [-0.3, -0.25) is 4.79 Å². The van der Waals surface area contributed by atoms with Gasteiger partial charge in [-0.05, 0) is 124 Å².